The fraction of sp³-hybridized carbons (Fsp3) is 0.526. The lowest BCUT2D eigenvalue weighted by atomic mass is 9.65. The molecule has 1 aromatic rings. The average Bonchev–Trinajstić information content (AvgIpc) is 3.20. The van der Waals surface area contributed by atoms with Gasteiger partial charge in [-0.25, -0.2) is 4.79 Å². The predicted molar refractivity (Wildman–Crippen MR) is 83.4 cm³/mol. The van der Waals surface area contributed by atoms with Crippen molar-refractivity contribution in [3.8, 4) is 0 Å². The lowest BCUT2D eigenvalue weighted by Crippen LogP contribution is -2.42. The van der Waals surface area contributed by atoms with Crippen molar-refractivity contribution in [1.29, 1.82) is 0 Å². The standard InChI is InChI=1S/C19H22O3/c1-12-9-15(17(20)21-3)19-16(22-19)14(11-18(19,2)10-12)13-7-5-4-6-8-13/h4-9,12,14,16H,10-11H2,1-3H3/t12-,14+,16-,18-,19-/m0/s1. The summed E-state index contributed by atoms with van der Waals surface area (Å²) in [5.41, 5.74) is 1.65. The first-order chi connectivity index (χ1) is 10.5. The SMILES string of the molecule is COC(=O)C1=C[C@H](C)C[C@@]2(C)C[C@H](c3ccccc3)[C@@H]3O[C@@]132. The van der Waals surface area contributed by atoms with Crippen LogP contribution in [-0.4, -0.2) is 24.8 Å². The van der Waals surface area contributed by atoms with Crippen LogP contribution in [0.5, 0.6) is 0 Å². The molecule has 3 nitrogen and oxygen atoms in total. The molecule has 1 heterocycles. The lowest BCUT2D eigenvalue weighted by molar-refractivity contribution is -0.138. The number of epoxide rings is 1. The molecule has 1 aliphatic heterocycles. The number of esters is 1. The number of ether oxygens (including phenoxy) is 2. The van der Waals surface area contributed by atoms with Crippen LogP contribution < -0.4 is 0 Å². The van der Waals surface area contributed by atoms with Gasteiger partial charge in [-0.1, -0.05) is 50.3 Å². The minimum absolute atomic E-state index is 0.00979. The van der Waals surface area contributed by atoms with Crippen LogP contribution in [0.3, 0.4) is 0 Å². The van der Waals surface area contributed by atoms with E-state index < -0.39 is 5.60 Å². The van der Waals surface area contributed by atoms with Gasteiger partial charge in [0.25, 0.3) is 0 Å². The quantitative estimate of drug-likeness (QED) is 0.620. The molecule has 22 heavy (non-hydrogen) atoms. The lowest BCUT2D eigenvalue weighted by Gasteiger charge is -2.39. The van der Waals surface area contributed by atoms with Gasteiger partial charge in [0.05, 0.1) is 18.8 Å². The van der Waals surface area contributed by atoms with Crippen molar-refractivity contribution in [1.82, 2.24) is 0 Å². The molecule has 0 radical (unpaired) electrons. The van der Waals surface area contributed by atoms with Crippen molar-refractivity contribution in [2.24, 2.45) is 11.3 Å². The number of carbonyl (C=O) groups excluding carboxylic acids is 1. The smallest absolute Gasteiger partial charge is 0.336 e. The van der Waals surface area contributed by atoms with Crippen molar-refractivity contribution in [3.63, 3.8) is 0 Å². The number of carbonyl (C=O) groups is 1. The van der Waals surface area contributed by atoms with E-state index in [4.69, 9.17) is 9.47 Å². The van der Waals surface area contributed by atoms with E-state index in [2.05, 4.69) is 44.2 Å². The molecular weight excluding hydrogens is 276 g/mol. The molecule has 0 unspecified atom stereocenters. The van der Waals surface area contributed by atoms with E-state index in [1.54, 1.807) is 0 Å². The molecule has 1 saturated carbocycles. The van der Waals surface area contributed by atoms with E-state index in [0.29, 0.717) is 11.8 Å². The summed E-state index contributed by atoms with van der Waals surface area (Å²) in [4.78, 5) is 12.3. The van der Waals surface area contributed by atoms with Gasteiger partial charge in [0.1, 0.15) is 5.60 Å². The molecule has 0 N–H and O–H groups in total. The van der Waals surface area contributed by atoms with Crippen molar-refractivity contribution < 1.29 is 14.3 Å². The van der Waals surface area contributed by atoms with E-state index >= 15 is 0 Å². The van der Waals surface area contributed by atoms with Crippen LogP contribution in [0.1, 0.15) is 38.2 Å². The van der Waals surface area contributed by atoms with Crippen LogP contribution in [0.2, 0.25) is 0 Å². The molecule has 0 bridgehead atoms. The fourth-order valence-corrected chi connectivity index (χ4v) is 5.04. The molecule has 0 amide bonds. The van der Waals surface area contributed by atoms with Crippen molar-refractivity contribution in [2.45, 2.75) is 44.3 Å². The van der Waals surface area contributed by atoms with Crippen LogP contribution in [-0.2, 0) is 14.3 Å². The molecule has 2 fully saturated rings. The summed E-state index contributed by atoms with van der Waals surface area (Å²) in [5.74, 6) is 0.516. The zero-order chi connectivity index (χ0) is 15.5. The highest BCUT2D eigenvalue weighted by atomic mass is 16.6. The predicted octanol–water partition coefficient (Wildman–Crippen LogP) is 3.46. The molecule has 5 atom stereocenters. The second-order valence-corrected chi connectivity index (χ2v) is 7.31. The van der Waals surface area contributed by atoms with Gasteiger partial charge < -0.3 is 9.47 Å². The molecule has 116 valence electrons. The fourth-order valence-electron chi connectivity index (χ4n) is 5.04. The summed E-state index contributed by atoms with van der Waals surface area (Å²) < 4.78 is 11.3. The van der Waals surface area contributed by atoms with Gasteiger partial charge in [0.2, 0.25) is 0 Å². The second kappa shape index (κ2) is 4.45. The first kappa shape index (κ1) is 14.0. The van der Waals surface area contributed by atoms with Gasteiger partial charge in [-0.2, -0.15) is 0 Å². The summed E-state index contributed by atoms with van der Waals surface area (Å²) in [5, 5.41) is 0. The topological polar surface area (TPSA) is 38.8 Å². The molecule has 4 rings (SSSR count). The first-order valence-corrected chi connectivity index (χ1v) is 8.05. The van der Waals surface area contributed by atoms with Crippen LogP contribution in [0.25, 0.3) is 0 Å². The zero-order valence-electron chi connectivity index (χ0n) is 13.3. The third-order valence-electron chi connectivity index (χ3n) is 5.85. The number of hydrogen-bond donors (Lipinski definition) is 0. The van der Waals surface area contributed by atoms with E-state index in [9.17, 15) is 4.79 Å². The summed E-state index contributed by atoms with van der Waals surface area (Å²) in [7, 11) is 1.46. The molecule has 3 heteroatoms. The number of rotatable bonds is 2. The van der Waals surface area contributed by atoms with Gasteiger partial charge in [0, 0.05) is 11.3 Å². The van der Waals surface area contributed by atoms with Gasteiger partial charge >= 0.3 is 5.97 Å². The third-order valence-corrected chi connectivity index (χ3v) is 5.85. The highest BCUT2D eigenvalue weighted by molar-refractivity contribution is 5.92. The molecular formula is C19H22O3. The minimum Gasteiger partial charge on any atom is -0.466 e. The number of methoxy groups -OCH3 is 1. The van der Waals surface area contributed by atoms with Crippen molar-refractivity contribution in [2.75, 3.05) is 7.11 Å². The number of hydrogen-bond acceptors (Lipinski definition) is 3. The van der Waals surface area contributed by atoms with Crippen LogP contribution >= 0.6 is 0 Å². The maximum absolute atomic E-state index is 12.3. The monoisotopic (exact) mass is 298 g/mol. The Bertz CT molecular complexity index is 650. The van der Waals surface area contributed by atoms with Gasteiger partial charge in [-0.05, 0) is 24.3 Å². The molecule has 1 aromatic carbocycles. The molecule has 1 spiro atoms. The Morgan fingerprint density at radius 3 is 2.68 bits per heavy atom. The third kappa shape index (κ3) is 1.63. The van der Waals surface area contributed by atoms with Crippen LogP contribution in [0, 0.1) is 11.3 Å². The molecule has 0 aromatic heterocycles. The Morgan fingerprint density at radius 2 is 2.00 bits per heavy atom. The van der Waals surface area contributed by atoms with Crippen molar-refractivity contribution >= 4 is 5.97 Å². The minimum atomic E-state index is -0.424. The normalized spacial score (nSPS) is 42.1. The average molecular weight is 298 g/mol. The highest BCUT2D eigenvalue weighted by Crippen LogP contribution is 2.72. The van der Waals surface area contributed by atoms with E-state index in [1.165, 1.54) is 12.7 Å². The van der Waals surface area contributed by atoms with E-state index in [1.807, 2.05) is 6.07 Å². The van der Waals surface area contributed by atoms with E-state index in [-0.39, 0.29) is 17.5 Å². The van der Waals surface area contributed by atoms with E-state index in [0.717, 1.165) is 18.4 Å². The Kier molecular flexibility index (Phi) is 2.83. The number of benzene rings is 1. The molecule has 2 aliphatic carbocycles. The van der Waals surface area contributed by atoms with Crippen LogP contribution in [0.15, 0.2) is 42.0 Å². The second-order valence-electron chi connectivity index (χ2n) is 7.31. The summed E-state index contributed by atoms with van der Waals surface area (Å²) >= 11 is 0. The zero-order valence-corrected chi connectivity index (χ0v) is 13.3. The maximum atomic E-state index is 12.3. The summed E-state index contributed by atoms with van der Waals surface area (Å²) in [6.07, 6.45) is 4.31. The Hall–Kier alpha value is -1.61. The molecule has 3 aliphatic rings. The van der Waals surface area contributed by atoms with Crippen LogP contribution in [0.4, 0.5) is 0 Å². The first-order valence-electron chi connectivity index (χ1n) is 8.05. The largest absolute Gasteiger partial charge is 0.466 e. The number of allylic oxidation sites excluding steroid dienone is 1. The highest BCUT2D eigenvalue weighted by Gasteiger charge is 2.78. The Balaban J connectivity index is 1.77. The van der Waals surface area contributed by atoms with Gasteiger partial charge in [-0.3, -0.25) is 0 Å². The van der Waals surface area contributed by atoms with Gasteiger partial charge in [0.15, 0.2) is 0 Å². The van der Waals surface area contributed by atoms with Gasteiger partial charge in [-0.15, -0.1) is 0 Å². The Morgan fingerprint density at radius 1 is 1.27 bits per heavy atom. The maximum Gasteiger partial charge on any atom is 0.336 e. The Labute approximate surface area is 131 Å². The molecule has 1 saturated heterocycles. The van der Waals surface area contributed by atoms with Crippen molar-refractivity contribution in [3.05, 3.63) is 47.5 Å². The summed E-state index contributed by atoms with van der Waals surface area (Å²) in [6.45, 7) is 4.46. The summed E-state index contributed by atoms with van der Waals surface area (Å²) in [6, 6.07) is 10.5.